The Morgan fingerprint density at radius 3 is 2.65 bits per heavy atom. The highest BCUT2D eigenvalue weighted by Crippen LogP contribution is 2.29. The van der Waals surface area contributed by atoms with Crippen LogP contribution in [0.3, 0.4) is 0 Å². The van der Waals surface area contributed by atoms with Crippen molar-refractivity contribution in [2.45, 2.75) is 45.7 Å². The fourth-order valence-electron chi connectivity index (χ4n) is 2.79. The Bertz CT molecular complexity index is 446. The molecular weight excluding hydrogens is 271 g/mol. The molecule has 1 aliphatic carbocycles. The van der Waals surface area contributed by atoms with E-state index in [1.807, 2.05) is 0 Å². The minimum Gasteiger partial charge on any atom is -0.360 e. The van der Waals surface area contributed by atoms with Crippen molar-refractivity contribution in [3.8, 4) is 0 Å². The molecule has 0 aliphatic heterocycles. The lowest BCUT2D eigenvalue weighted by atomic mass is 9.78. The number of rotatable bonds is 3. The molecule has 3 unspecified atom stereocenters. The zero-order valence-corrected chi connectivity index (χ0v) is 13.0. The molecule has 0 radical (unpaired) electrons. The van der Waals surface area contributed by atoms with Gasteiger partial charge in [-0.3, -0.25) is 0 Å². The fraction of sp³-hybridized carbons (Fsp3) is 0.562. The SMILES string of the molecule is CC1CCCC(NC(=S)NCc2ccc(F)cc2)C1C. The minimum absolute atomic E-state index is 0.209. The number of hydrogen-bond acceptors (Lipinski definition) is 1. The Hall–Kier alpha value is -1.16. The van der Waals surface area contributed by atoms with E-state index >= 15 is 0 Å². The Balaban J connectivity index is 1.79. The van der Waals surface area contributed by atoms with Crippen LogP contribution in [-0.4, -0.2) is 11.2 Å². The fourth-order valence-corrected chi connectivity index (χ4v) is 3.01. The van der Waals surface area contributed by atoms with Crippen molar-refractivity contribution in [2.24, 2.45) is 11.8 Å². The monoisotopic (exact) mass is 294 g/mol. The Labute approximate surface area is 126 Å². The molecule has 1 fully saturated rings. The van der Waals surface area contributed by atoms with Crippen molar-refractivity contribution in [1.29, 1.82) is 0 Å². The third kappa shape index (κ3) is 4.17. The van der Waals surface area contributed by atoms with Crippen molar-refractivity contribution in [3.05, 3.63) is 35.6 Å². The van der Waals surface area contributed by atoms with E-state index in [9.17, 15) is 4.39 Å². The maximum absolute atomic E-state index is 12.8. The van der Waals surface area contributed by atoms with Gasteiger partial charge in [-0.15, -0.1) is 0 Å². The first-order valence-electron chi connectivity index (χ1n) is 7.35. The first-order valence-corrected chi connectivity index (χ1v) is 7.76. The van der Waals surface area contributed by atoms with Crippen molar-refractivity contribution in [1.82, 2.24) is 10.6 Å². The topological polar surface area (TPSA) is 24.1 Å². The van der Waals surface area contributed by atoms with Crippen LogP contribution in [0.25, 0.3) is 0 Å². The zero-order chi connectivity index (χ0) is 14.5. The van der Waals surface area contributed by atoms with Crippen molar-refractivity contribution in [2.75, 3.05) is 0 Å². The molecule has 2 nitrogen and oxygen atoms in total. The molecule has 0 heterocycles. The number of thiocarbonyl (C=S) groups is 1. The maximum Gasteiger partial charge on any atom is 0.166 e. The van der Waals surface area contributed by atoms with Crippen LogP contribution < -0.4 is 10.6 Å². The Morgan fingerprint density at radius 1 is 1.25 bits per heavy atom. The van der Waals surface area contributed by atoms with Gasteiger partial charge < -0.3 is 10.6 Å². The summed E-state index contributed by atoms with van der Waals surface area (Å²) in [5, 5.41) is 7.32. The quantitative estimate of drug-likeness (QED) is 0.833. The van der Waals surface area contributed by atoms with Crippen LogP contribution in [0.1, 0.15) is 38.7 Å². The van der Waals surface area contributed by atoms with Gasteiger partial charge in [0.15, 0.2) is 5.11 Å². The molecule has 20 heavy (non-hydrogen) atoms. The second-order valence-corrected chi connectivity index (χ2v) is 6.24. The normalized spacial score (nSPS) is 26.1. The maximum atomic E-state index is 12.8. The molecule has 2 N–H and O–H groups in total. The van der Waals surface area contributed by atoms with Gasteiger partial charge in [0.25, 0.3) is 0 Å². The van der Waals surface area contributed by atoms with E-state index in [-0.39, 0.29) is 5.82 Å². The highest BCUT2D eigenvalue weighted by Gasteiger charge is 2.27. The third-order valence-corrected chi connectivity index (χ3v) is 4.65. The molecule has 2 rings (SSSR count). The van der Waals surface area contributed by atoms with Crippen LogP contribution in [0.15, 0.2) is 24.3 Å². The zero-order valence-electron chi connectivity index (χ0n) is 12.2. The van der Waals surface area contributed by atoms with Gasteiger partial charge in [-0.2, -0.15) is 0 Å². The summed E-state index contributed by atoms with van der Waals surface area (Å²) in [7, 11) is 0. The lowest BCUT2D eigenvalue weighted by molar-refractivity contribution is 0.224. The summed E-state index contributed by atoms with van der Waals surface area (Å²) in [6, 6.07) is 6.95. The largest absolute Gasteiger partial charge is 0.360 e. The summed E-state index contributed by atoms with van der Waals surface area (Å²) >= 11 is 5.36. The van der Waals surface area contributed by atoms with Crippen LogP contribution in [-0.2, 0) is 6.54 Å². The van der Waals surface area contributed by atoms with E-state index in [2.05, 4.69) is 24.5 Å². The molecular formula is C16H23FN2S. The molecule has 0 saturated heterocycles. The first kappa shape index (κ1) is 15.2. The van der Waals surface area contributed by atoms with Gasteiger partial charge in [0.1, 0.15) is 5.82 Å². The van der Waals surface area contributed by atoms with Crippen molar-refractivity contribution < 1.29 is 4.39 Å². The summed E-state index contributed by atoms with van der Waals surface area (Å²) < 4.78 is 12.8. The van der Waals surface area contributed by atoms with Crippen molar-refractivity contribution in [3.63, 3.8) is 0 Å². The molecule has 1 aromatic carbocycles. The van der Waals surface area contributed by atoms with Gasteiger partial charge in [0, 0.05) is 12.6 Å². The molecule has 110 valence electrons. The number of hydrogen-bond donors (Lipinski definition) is 2. The van der Waals surface area contributed by atoms with Crippen molar-refractivity contribution >= 4 is 17.3 Å². The van der Waals surface area contributed by atoms with Crippen LogP contribution in [0, 0.1) is 17.7 Å². The van der Waals surface area contributed by atoms with Crippen LogP contribution >= 0.6 is 12.2 Å². The van der Waals surface area contributed by atoms with E-state index < -0.39 is 0 Å². The molecule has 4 heteroatoms. The first-order chi connectivity index (χ1) is 9.56. The molecule has 0 bridgehead atoms. The van der Waals surface area contributed by atoms with E-state index in [0.29, 0.717) is 23.6 Å². The van der Waals surface area contributed by atoms with E-state index in [1.165, 1.54) is 31.4 Å². The van der Waals surface area contributed by atoms with Gasteiger partial charge in [0.05, 0.1) is 0 Å². The average Bonchev–Trinajstić information content (AvgIpc) is 2.43. The average molecular weight is 294 g/mol. The predicted molar refractivity (Wildman–Crippen MR) is 84.9 cm³/mol. The number of benzene rings is 1. The molecule has 0 amide bonds. The van der Waals surface area contributed by atoms with Crippen LogP contribution in [0.2, 0.25) is 0 Å². The summed E-state index contributed by atoms with van der Waals surface area (Å²) in [6.45, 7) is 5.24. The highest BCUT2D eigenvalue weighted by atomic mass is 32.1. The molecule has 0 spiro atoms. The van der Waals surface area contributed by atoms with Gasteiger partial charge in [-0.25, -0.2) is 4.39 Å². The van der Waals surface area contributed by atoms with Crippen LogP contribution in [0.5, 0.6) is 0 Å². The van der Waals surface area contributed by atoms with E-state index in [0.717, 1.165) is 11.5 Å². The van der Waals surface area contributed by atoms with Gasteiger partial charge in [-0.1, -0.05) is 38.8 Å². The minimum atomic E-state index is -0.209. The van der Waals surface area contributed by atoms with Gasteiger partial charge in [0.2, 0.25) is 0 Å². The molecule has 1 aromatic rings. The summed E-state index contributed by atoms with van der Waals surface area (Å²) in [5.74, 6) is 1.19. The molecule has 1 aliphatic rings. The summed E-state index contributed by atoms with van der Waals surface area (Å²) in [4.78, 5) is 0. The standard InChI is InChI=1S/C16H23FN2S/c1-11-4-3-5-15(12(11)2)19-16(20)18-10-13-6-8-14(17)9-7-13/h6-9,11-12,15H,3-5,10H2,1-2H3,(H2,18,19,20). The Morgan fingerprint density at radius 2 is 1.95 bits per heavy atom. The summed E-state index contributed by atoms with van der Waals surface area (Å²) in [6.07, 6.45) is 3.77. The van der Waals surface area contributed by atoms with Gasteiger partial charge in [-0.05, 0) is 48.2 Å². The molecule has 0 aromatic heterocycles. The summed E-state index contributed by atoms with van der Waals surface area (Å²) in [5.41, 5.74) is 1.03. The predicted octanol–water partition coefficient (Wildman–Crippen LogP) is 3.61. The number of halogens is 1. The molecule has 1 saturated carbocycles. The number of nitrogens with one attached hydrogen (secondary N) is 2. The van der Waals surface area contributed by atoms with E-state index in [1.54, 1.807) is 12.1 Å². The smallest absolute Gasteiger partial charge is 0.166 e. The van der Waals surface area contributed by atoms with Crippen LogP contribution in [0.4, 0.5) is 4.39 Å². The molecule has 3 atom stereocenters. The van der Waals surface area contributed by atoms with Gasteiger partial charge >= 0.3 is 0 Å². The Kier molecular flexibility index (Phi) is 5.35. The second kappa shape index (κ2) is 7.02. The second-order valence-electron chi connectivity index (χ2n) is 5.83. The third-order valence-electron chi connectivity index (χ3n) is 4.39. The van der Waals surface area contributed by atoms with E-state index in [4.69, 9.17) is 12.2 Å². The lowest BCUT2D eigenvalue weighted by Crippen LogP contribution is -2.47. The lowest BCUT2D eigenvalue weighted by Gasteiger charge is -2.35. The highest BCUT2D eigenvalue weighted by molar-refractivity contribution is 7.80.